The van der Waals surface area contributed by atoms with Crippen LogP contribution in [-0.4, -0.2) is 64.2 Å². The molecule has 0 bridgehead atoms. The number of aryl methyl sites for hydroxylation is 1. The van der Waals surface area contributed by atoms with E-state index in [9.17, 15) is 8.78 Å². The monoisotopic (exact) mass is 495 g/mol. The summed E-state index contributed by atoms with van der Waals surface area (Å²) in [6.07, 6.45) is 6.50. The molecule has 4 heterocycles. The summed E-state index contributed by atoms with van der Waals surface area (Å²) in [5, 5.41) is 7.52. The molecule has 5 rings (SSSR count). The van der Waals surface area contributed by atoms with Crippen molar-refractivity contribution < 1.29 is 18.3 Å². The van der Waals surface area contributed by atoms with Crippen molar-refractivity contribution in [1.29, 1.82) is 0 Å². The number of nitrogens with zero attached hydrogens (tertiary/aromatic N) is 6. The molecular formula is C25H27F2N7O2. The molecular weight excluding hydrogens is 468 g/mol. The van der Waals surface area contributed by atoms with E-state index in [1.54, 1.807) is 24.2 Å². The van der Waals surface area contributed by atoms with E-state index in [-0.39, 0.29) is 11.9 Å². The molecule has 36 heavy (non-hydrogen) atoms. The number of hydrogen-bond acceptors (Lipinski definition) is 8. The van der Waals surface area contributed by atoms with Crippen LogP contribution in [0.15, 0.2) is 42.9 Å². The number of anilines is 2. The van der Waals surface area contributed by atoms with Gasteiger partial charge in [0, 0.05) is 70.5 Å². The van der Waals surface area contributed by atoms with Crippen LogP contribution in [0.5, 0.6) is 5.75 Å². The molecule has 4 aromatic rings. The molecule has 0 atom stereocenters. The molecule has 3 aromatic heterocycles. The van der Waals surface area contributed by atoms with Crippen molar-refractivity contribution >= 4 is 22.7 Å². The highest BCUT2D eigenvalue weighted by atomic mass is 19.1. The highest BCUT2D eigenvalue weighted by Gasteiger charge is 2.26. The zero-order valence-electron chi connectivity index (χ0n) is 20.1. The number of fused-ring (bicyclic) bond motifs is 1. The average molecular weight is 496 g/mol. The number of rotatable bonds is 8. The smallest absolute Gasteiger partial charge is 0.167 e. The third-order valence-corrected chi connectivity index (χ3v) is 6.05. The van der Waals surface area contributed by atoms with Crippen LogP contribution in [-0.2, 0) is 11.8 Å². The predicted molar refractivity (Wildman–Crippen MR) is 132 cm³/mol. The standard InChI is InChI=1S/C25H27F2N7O2/c1-33-15-16(13-30-33)24-25(32-20-12-23(28-7-10-35-2)29-14-21(20)31-24)34-8-5-18(6-9-34)36-22-4-3-17(26)11-19(22)27/h3-4,11-15,18H,5-10H2,1-2H3,(H,28,29). The van der Waals surface area contributed by atoms with Crippen LogP contribution in [0.1, 0.15) is 12.8 Å². The first-order chi connectivity index (χ1) is 17.5. The van der Waals surface area contributed by atoms with Crippen LogP contribution in [0, 0.1) is 11.6 Å². The molecule has 1 aromatic carbocycles. The van der Waals surface area contributed by atoms with Crippen LogP contribution in [0.2, 0.25) is 0 Å². The molecule has 0 unspecified atom stereocenters. The third kappa shape index (κ3) is 5.20. The van der Waals surface area contributed by atoms with E-state index in [0.29, 0.717) is 50.4 Å². The number of methoxy groups -OCH3 is 1. The minimum absolute atomic E-state index is 0.0670. The largest absolute Gasteiger partial charge is 0.487 e. The molecule has 0 aliphatic carbocycles. The van der Waals surface area contributed by atoms with E-state index in [4.69, 9.17) is 19.4 Å². The molecule has 188 valence electrons. The Labute approximate surface area is 207 Å². The van der Waals surface area contributed by atoms with Gasteiger partial charge in [-0.05, 0) is 12.1 Å². The normalized spacial score (nSPS) is 14.4. The van der Waals surface area contributed by atoms with E-state index in [1.165, 1.54) is 12.1 Å². The van der Waals surface area contributed by atoms with Crippen molar-refractivity contribution in [2.24, 2.45) is 7.05 Å². The summed E-state index contributed by atoms with van der Waals surface area (Å²) in [6.45, 7) is 2.48. The summed E-state index contributed by atoms with van der Waals surface area (Å²) in [6, 6.07) is 5.24. The lowest BCUT2D eigenvalue weighted by Crippen LogP contribution is -2.39. The number of piperidine rings is 1. The van der Waals surface area contributed by atoms with E-state index in [2.05, 4.69) is 20.3 Å². The topological polar surface area (TPSA) is 90.2 Å². The first kappa shape index (κ1) is 23.9. The second-order valence-electron chi connectivity index (χ2n) is 8.66. The Bertz CT molecular complexity index is 1360. The van der Waals surface area contributed by atoms with Crippen molar-refractivity contribution in [3.8, 4) is 17.0 Å². The Balaban J connectivity index is 1.40. The molecule has 0 saturated carbocycles. The number of nitrogens with one attached hydrogen (secondary N) is 1. The van der Waals surface area contributed by atoms with Gasteiger partial charge in [0.1, 0.15) is 28.9 Å². The fourth-order valence-electron chi connectivity index (χ4n) is 4.22. The van der Waals surface area contributed by atoms with E-state index in [0.717, 1.165) is 28.7 Å². The Morgan fingerprint density at radius 2 is 1.92 bits per heavy atom. The second-order valence-corrected chi connectivity index (χ2v) is 8.66. The predicted octanol–water partition coefficient (Wildman–Crippen LogP) is 3.81. The molecule has 1 aliphatic heterocycles. The Kier molecular flexibility index (Phi) is 6.90. The zero-order chi connectivity index (χ0) is 25.1. The first-order valence-electron chi connectivity index (χ1n) is 11.8. The Morgan fingerprint density at radius 3 is 2.64 bits per heavy atom. The number of pyridine rings is 1. The van der Waals surface area contributed by atoms with Gasteiger partial charge in [-0.25, -0.2) is 23.7 Å². The minimum atomic E-state index is -0.694. The third-order valence-electron chi connectivity index (χ3n) is 6.05. The number of ether oxygens (including phenoxy) is 2. The lowest BCUT2D eigenvalue weighted by Gasteiger charge is -2.33. The van der Waals surface area contributed by atoms with Gasteiger partial charge in [0.25, 0.3) is 0 Å². The van der Waals surface area contributed by atoms with Crippen LogP contribution < -0.4 is 15.0 Å². The Hall–Kier alpha value is -3.86. The molecule has 9 nitrogen and oxygen atoms in total. The lowest BCUT2D eigenvalue weighted by atomic mass is 10.1. The molecule has 11 heteroatoms. The van der Waals surface area contributed by atoms with Crippen molar-refractivity contribution in [3.63, 3.8) is 0 Å². The first-order valence-corrected chi connectivity index (χ1v) is 11.8. The quantitative estimate of drug-likeness (QED) is 0.369. The molecule has 1 saturated heterocycles. The number of aromatic nitrogens is 5. The van der Waals surface area contributed by atoms with Crippen molar-refractivity contribution in [3.05, 3.63) is 54.5 Å². The Morgan fingerprint density at radius 1 is 1.08 bits per heavy atom. The van der Waals surface area contributed by atoms with Crippen molar-refractivity contribution in [2.75, 3.05) is 43.6 Å². The highest BCUT2D eigenvalue weighted by Crippen LogP contribution is 2.32. The average Bonchev–Trinajstić information content (AvgIpc) is 3.31. The van der Waals surface area contributed by atoms with Crippen LogP contribution >= 0.6 is 0 Å². The maximum Gasteiger partial charge on any atom is 0.167 e. The van der Waals surface area contributed by atoms with Crippen molar-refractivity contribution in [2.45, 2.75) is 18.9 Å². The SMILES string of the molecule is COCCNc1cc2nc(N3CCC(Oc4ccc(F)cc4F)CC3)c(-c3cnn(C)c3)nc2cn1. The number of hydrogen-bond donors (Lipinski definition) is 1. The van der Waals surface area contributed by atoms with Gasteiger partial charge in [-0.15, -0.1) is 0 Å². The lowest BCUT2D eigenvalue weighted by molar-refractivity contribution is 0.163. The number of benzene rings is 1. The summed E-state index contributed by atoms with van der Waals surface area (Å²) >= 11 is 0. The van der Waals surface area contributed by atoms with E-state index in [1.807, 2.05) is 19.3 Å². The van der Waals surface area contributed by atoms with Crippen LogP contribution in [0.3, 0.4) is 0 Å². The van der Waals surface area contributed by atoms with Gasteiger partial charge in [-0.1, -0.05) is 0 Å². The fourth-order valence-corrected chi connectivity index (χ4v) is 4.22. The summed E-state index contributed by atoms with van der Waals surface area (Å²) in [7, 11) is 3.51. The summed E-state index contributed by atoms with van der Waals surface area (Å²) in [4.78, 5) is 16.5. The highest BCUT2D eigenvalue weighted by molar-refractivity contribution is 5.84. The van der Waals surface area contributed by atoms with E-state index >= 15 is 0 Å². The van der Waals surface area contributed by atoms with Gasteiger partial charge >= 0.3 is 0 Å². The molecule has 1 fully saturated rings. The molecule has 1 aliphatic rings. The minimum Gasteiger partial charge on any atom is -0.487 e. The van der Waals surface area contributed by atoms with Crippen LogP contribution in [0.4, 0.5) is 20.4 Å². The second kappa shape index (κ2) is 10.4. The summed E-state index contributed by atoms with van der Waals surface area (Å²) in [5.41, 5.74) is 2.98. The van der Waals surface area contributed by atoms with Gasteiger partial charge in [0.05, 0.1) is 24.5 Å². The van der Waals surface area contributed by atoms with Crippen molar-refractivity contribution in [1.82, 2.24) is 24.7 Å². The van der Waals surface area contributed by atoms with Gasteiger partial charge in [0.2, 0.25) is 0 Å². The fraction of sp³-hybridized carbons (Fsp3) is 0.360. The molecule has 0 radical (unpaired) electrons. The maximum atomic E-state index is 14.0. The summed E-state index contributed by atoms with van der Waals surface area (Å²) in [5.74, 6) is 0.190. The molecule has 1 N–H and O–H groups in total. The van der Waals surface area contributed by atoms with E-state index < -0.39 is 11.6 Å². The molecule has 0 amide bonds. The molecule has 0 spiro atoms. The summed E-state index contributed by atoms with van der Waals surface area (Å²) < 4.78 is 39.9. The zero-order valence-corrected chi connectivity index (χ0v) is 20.1. The number of halogens is 2. The van der Waals surface area contributed by atoms with Gasteiger partial charge < -0.3 is 19.7 Å². The van der Waals surface area contributed by atoms with Gasteiger partial charge in [-0.3, -0.25) is 4.68 Å². The van der Waals surface area contributed by atoms with Crippen LogP contribution in [0.25, 0.3) is 22.3 Å². The van der Waals surface area contributed by atoms with Gasteiger partial charge in [0.15, 0.2) is 17.4 Å². The maximum absolute atomic E-state index is 14.0. The van der Waals surface area contributed by atoms with Gasteiger partial charge in [-0.2, -0.15) is 5.10 Å².